The molecule has 1 amide bonds. The van der Waals surface area contributed by atoms with Crippen molar-refractivity contribution in [2.45, 2.75) is 26.7 Å². The maximum Gasteiger partial charge on any atom is 0.264 e. The fourth-order valence-electron chi connectivity index (χ4n) is 2.71. The predicted octanol–water partition coefficient (Wildman–Crippen LogP) is 4.56. The average Bonchev–Trinajstić information content (AvgIpc) is 3.20. The minimum absolute atomic E-state index is 0.0801. The second-order valence-corrected chi connectivity index (χ2v) is 7.93. The molecule has 0 fully saturated rings. The number of aromatic nitrogens is 2. The van der Waals surface area contributed by atoms with Gasteiger partial charge in [-0.05, 0) is 36.6 Å². The van der Waals surface area contributed by atoms with E-state index in [1.165, 1.54) is 30.9 Å². The van der Waals surface area contributed by atoms with Crippen molar-refractivity contribution in [2.75, 3.05) is 19.0 Å². The number of carbonyl (C=O) groups excluding carboxylic acids is 2. The van der Waals surface area contributed by atoms with Crippen LogP contribution in [-0.2, 0) is 4.79 Å². The normalized spacial score (nSPS) is 10.7. The van der Waals surface area contributed by atoms with Crippen molar-refractivity contribution >= 4 is 28.2 Å². The van der Waals surface area contributed by atoms with E-state index in [2.05, 4.69) is 41.5 Å². The Bertz CT molecular complexity index is 1040. The Labute approximate surface area is 179 Å². The number of hydrogen-bond donors (Lipinski definition) is 1. The van der Waals surface area contributed by atoms with Crippen molar-refractivity contribution in [3.05, 3.63) is 53.6 Å². The first-order chi connectivity index (χ1) is 14.4. The highest BCUT2D eigenvalue weighted by Gasteiger charge is 2.13. The largest absolute Gasteiger partial charge is 0.493 e. The third kappa shape index (κ3) is 5.21. The quantitative estimate of drug-likeness (QED) is 0.532. The van der Waals surface area contributed by atoms with Crippen molar-refractivity contribution in [3.63, 3.8) is 0 Å². The van der Waals surface area contributed by atoms with Crippen molar-refractivity contribution in [2.24, 2.45) is 0 Å². The third-order valence-corrected chi connectivity index (χ3v) is 5.31. The average molecular weight is 426 g/mol. The number of anilines is 1. The second kappa shape index (κ2) is 9.49. The van der Waals surface area contributed by atoms with E-state index in [1.807, 2.05) is 12.1 Å². The number of rotatable bonds is 8. The molecule has 30 heavy (non-hydrogen) atoms. The van der Waals surface area contributed by atoms with E-state index in [0.717, 1.165) is 10.6 Å². The number of ether oxygens (including phenoxy) is 2. The van der Waals surface area contributed by atoms with E-state index in [1.54, 1.807) is 18.2 Å². The number of Topliss-reactive ketones (excluding diaryl/α,β-unsaturated/α-hetero) is 1. The van der Waals surface area contributed by atoms with Crippen LogP contribution in [0.2, 0.25) is 0 Å². The van der Waals surface area contributed by atoms with Crippen LogP contribution >= 0.6 is 11.3 Å². The number of nitrogens with one attached hydrogen (secondary N) is 1. The van der Waals surface area contributed by atoms with Crippen LogP contribution in [0.4, 0.5) is 5.13 Å². The van der Waals surface area contributed by atoms with Gasteiger partial charge in [0.25, 0.3) is 5.91 Å². The summed E-state index contributed by atoms with van der Waals surface area (Å²) in [5.74, 6) is 0.772. The van der Waals surface area contributed by atoms with Crippen LogP contribution in [0.1, 0.15) is 42.6 Å². The molecular formula is C22H23N3O4S. The summed E-state index contributed by atoms with van der Waals surface area (Å²) in [4.78, 5) is 23.7. The van der Waals surface area contributed by atoms with Crippen LogP contribution in [0.5, 0.6) is 11.5 Å². The Balaban J connectivity index is 1.60. The van der Waals surface area contributed by atoms with Gasteiger partial charge < -0.3 is 9.47 Å². The van der Waals surface area contributed by atoms with Crippen molar-refractivity contribution in [1.29, 1.82) is 0 Å². The van der Waals surface area contributed by atoms with Crippen LogP contribution in [0.25, 0.3) is 10.6 Å². The summed E-state index contributed by atoms with van der Waals surface area (Å²) in [6.45, 7) is 5.53. The lowest BCUT2D eigenvalue weighted by molar-refractivity contribution is -0.118. The van der Waals surface area contributed by atoms with Crippen molar-refractivity contribution < 1.29 is 19.1 Å². The smallest absolute Gasteiger partial charge is 0.264 e. The third-order valence-electron chi connectivity index (χ3n) is 4.42. The number of nitrogens with zero attached hydrogens (tertiary/aromatic N) is 2. The van der Waals surface area contributed by atoms with Gasteiger partial charge in [0, 0.05) is 11.1 Å². The lowest BCUT2D eigenvalue weighted by Crippen LogP contribution is -2.20. The number of methoxy groups -OCH3 is 1. The molecule has 0 saturated carbocycles. The monoisotopic (exact) mass is 425 g/mol. The Kier molecular flexibility index (Phi) is 6.79. The number of ketones is 1. The molecule has 3 rings (SSSR count). The number of amides is 1. The first kappa shape index (κ1) is 21.4. The standard InChI is InChI=1S/C22H23N3O4S/c1-13(2)15-5-7-16(8-6-15)21-24-25-22(30-21)23-20(27)12-29-18-10-9-17(14(3)26)11-19(18)28-4/h5-11,13H,12H2,1-4H3,(H,23,25,27). The molecule has 0 aliphatic carbocycles. The summed E-state index contributed by atoms with van der Waals surface area (Å²) in [6.07, 6.45) is 0. The molecule has 1 N–H and O–H groups in total. The van der Waals surface area contributed by atoms with E-state index in [0.29, 0.717) is 28.1 Å². The molecule has 2 aromatic carbocycles. The molecule has 8 heteroatoms. The molecule has 7 nitrogen and oxygen atoms in total. The van der Waals surface area contributed by atoms with Gasteiger partial charge in [-0.2, -0.15) is 0 Å². The molecule has 0 radical (unpaired) electrons. The molecule has 156 valence electrons. The van der Waals surface area contributed by atoms with Crippen LogP contribution in [0, 0.1) is 0 Å². The summed E-state index contributed by atoms with van der Waals surface area (Å²) in [5.41, 5.74) is 2.70. The van der Waals surface area contributed by atoms with Crippen molar-refractivity contribution in [1.82, 2.24) is 10.2 Å². The molecule has 0 aliphatic rings. The van der Waals surface area contributed by atoms with Crippen molar-refractivity contribution in [3.8, 4) is 22.1 Å². The minimum atomic E-state index is -0.370. The summed E-state index contributed by atoms with van der Waals surface area (Å²) in [6, 6.07) is 12.9. The maximum atomic E-state index is 12.2. The molecule has 3 aromatic rings. The van der Waals surface area contributed by atoms with Crippen LogP contribution in [0.15, 0.2) is 42.5 Å². The maximum absolute atomic E-state index is 12.2. The SMILES string of the molecule is COc1cc(C(C)=O)ccc1OCC(=O)Nc1nnc(-c2ccc(C(C)C)cc2)s1. The first-order valence-corrected chi connectivity index (χ1v) is 10.2. The fraction of sp³-hybridized carbons (Fsp3) is 0.273. The zero-order chi connectivity index (χ0) is 21.7. The van der Waals surface area contributed by atoms with Gasteiger partial charge in [0.1, 0.15) is 5.01 Å². The predicted molar refractivity (Wildman–Crippen MR) is 117 cm³/mol. The van der Waals surface area contributed by atoms with Gasteiger partial charge in [0.15, 0.2) is 23.9 Å². The zero-order valence-corrected chi connectivity index (χ0v) is 18.1. The zero-order valence-electron chi connectivity index (χ0n) is 17.3. The van der Waals surface area contributed by atoms with Crippen LogP contribution in [-0.4, -0.2) is 35.6 Å². The topological polar surface area (TPSA) is 90.4 Å². The fourth-order valence-corrected chi connectivity index (χ4v) is 3.47. The molecule has 0 atom stereocenters. The lowest BCUT2D eigenvalue weighted by Gasteiger charge is -2.11. The Hall–Kier alpha value is -3.26. The van der Waals surface area contributed by atoms with E-state index in [4.69, 9.17) is 9.47 Å². The highest BCUT2D eigenvalue weighted by atomic mass is 32.1. The van der Waals surface area contributed by atoms with Gasteiger partial charge in [0.2, 0.25) is 5.13 Å². The van der Waals surface area contributed by atoms with Gasteiger partial charge in [-0.25, -0.2) is 0 Å². The Morgan fingerprint density at radius 2 is 1.80 bits per heavy atom. The molecule has 0 saturated heterocycles. The van der Waals surface area contributed by atoms with Crippen LogP contribution in [0.3, 0.4) is 0 Å². The highest BCUT2D eigenvalue weighted by Crippen LogP contribution is 2.29. The molecule has 0 unspecified atom stereocenters. The van der Waals surface area contributed by atoms with E-state index in [9.17, 15) is 9.59 Å². The molecule has 1 heterocycles. The number of benzene rings is 2. The van der Waals surface area contributed by atoms with Crippen LogP contribution < -0.4 is 14.8 Å². The van der Waals surface area contributed by atoms with E-state index >= 15 is 0 Å². The molecule has 0 bridgehead atoms. The van der Waals surface area contributed by atoms with E-state index < -0.39 is 0 Å². The second-order valence-electron chi connectivity index (χ2n) is 6.95. The summed E-state index contributed by atoms with van der Waals surface area (Å²) >= 11 is 1.29. The van der Waals surface area contributed by atoms with Gasteiger partial charge in [0.05, 0.1) is 7.11 Å². The van der Waals surface area contributed by atoms with E-state index in [-0.39, 0.29) is 18.3 Å². The Morgan fingerprint density at radius 3 is 2.43 bits per heavy atom. The molecule has 1 aromatic heterocycles. The summed E-state index contributed by atoms with van der Waals surface area (Å²) in [7, 11) is 1.47. The minimum Gasteiger partial charge on any atom is -0.493 e. The Morgan fingerprint density at radius 1 is 1.07 bits per heavy atom. The highest BCUT2D eigenvalue weighted by molar-refractivity contribution is 7.18. The van der Waals surface area contributed by atoms with Gasteiger partial charge >= 0.3 is 0 Å². The lowest BCUT2D eigenvalue weighted by atomic mass is 10.0. The summed E-state index contributed by atoms with van der Waals surface area (Å²) in [5, 5.41) is 12.0. The number of hydrogen-bond acceptors (Lipinski definition) is 7. The molecular weight excluding hydrogens is 402 g/mol. The van der Waals surface area contributed by atoms with Gasteiger partial charge in [-0.3, -0.25) is 14.9 Å². The van der Waals surface area contributed by atoms with Gasteiger partial charge in [-0.15, -0.1) is 10.2 Å². The van der Waals surface area contributed by atoms with Gasteiger partial charge in [-0.1, -0.05) is 49.4 Å². The molecule has 0 spiro atoms. The molecule has 0 aliphatic heterocycles. The number of carbonyl (C=O) groups is 2. The first-order valence-electron chi connectivity index (χ1n) is 9.43. The summed E-state index contributed by atoms with van der Waals surface area (Å²) < 4.78 is 10.8.